The lowest BCUT2D eigenvalue weighted by atomic mass is 10.1. The predicted molar refractivity (Wildman–Crippen MR) is 119 cm³/mol. The fourth-order valence-electron chi connectivity index (χ4n) is 3.08. The molecule has 0 heterocycles. The van der Waals surface area contributed by atoms with Crippen LogP contribution in [0.25, 0.3) is 6.08 Å². The number of nitrogens with zero attached hydrogens (tertiary/aromatic N) is 1. The SMILES string of the molecule is COc1ccc(CCN(C)CCCNC(=O)C=Cc2cccc(C(F)(F)F)c2)cc1OC. The first kappa shape index (κ1) is 25.3. The van der Waals surface area contributed by atoms with Crippen molar-refractivity contribution in [1.82, 2.24) is 10.2 Å². The molecule has 8 heteroatoms. The Bertz CT molecular complexity index is 914. The van der Waals surface area contributed by atoms with Gasteiger partial charge in [0.2, 0.25) is 5.91 Å². The second-order valence-electron chi connectivity index (χ2n) is 7.34. The Morgan fingerprint density at radius 3 is 2.50 bits per heavy atom. The summed E-state index contributed by atoms with van der Waals surface area (Å²) in [7, 11) is 5.22. The van der Waals surface area contributed by atoms with Crippen LogP contribution in [-0.2, 0) is 17.4 Å². The highest BCUT2D eigenvalue weighted by Crippen LogP contribution is 2.30. The Labute approximate surface area is 186 Å². The summed E-state index contributed by atoms with van der Waals surface area (Å²) in [5.74, 6) is 1.06. The molecule has 0 aromatic heterocycles. The maximum atomic E-state index is 12.7. The van der Waals surface area contributed by atoms with E-state index in [0.29, 0.717) is 23.6 Å². The number of halogens is 3. The molecule has 0 radical (unpaired) electrons. The summed E-state index contributed by atoms with van der Waals surface area (Å²) in [6.45, 7) is 2.12. The molecular formula is C24H29F3N2O3. The van der Waals surface area contributed by atoms with Crippen LogP contribution in [-0.4, -0.2) is 51.7 Å². The molecule has 0 aliphatic heterocycles. The maximum Gasteiger partial charge on any atom is 0.416 e. The lowest BCUT2D eigenvalue weighted by molar-refractivity contribution is -0.137. The minimum absolute atomic E-state index is 0.324. The summed E-state index contributed by atoms with van der Waals surface area (Å²) in [6, 6.07) is 10.7. The Kier molecular flexibility index (Phi) is 9.59. The van der Waals surface area contributed by atoms with Gasteiger partial charge in [-0.1, -0.05) is 18.2 Å². The molecule has 0 aliphatic rings. The van der Waals surface area contributed by atoms with Gasteiger partial charge in [0.15, 0.2) is 11.5 Å². The molecule has 0 atom stereocenters. The molecule has 1 N–H and O–H groups in total. The molecule has 2 rings (SSSR count). The van der Waals surface area contributed by atoms with Crippen LogP contribution in [0.1, 0.15) is 23.1 Å². The number of carbonyl (C=O) groups excluding carboxylic acids is 1. The quantitative estimate of drug-likeness (QED) is 0.407. The van der Waals surface area contributed by atoms with E-state index < -0.39 is 11.7 Å². The van der Waals surface area contributed by atoms with Crippen molar-refractivity contribution in [2.24, 2.45) is 0 Å². The minimum Gasteiger partial charge on any atom is -0.493 e. The Morgan fingerprint density at radius 1 is 1.06 bits per heavy atom. The van der Waals surface area contributed by atoms with Gasteiger partial charge in [-0.25, -0.2) is 0 Å². The van der Waals surface area contributed by atoms with Gasteiger partial charge >= 0.3 is 6.18 Å². The molecular weight excluding hydrogens is 421 g/mol. The number of methoxy groups -OCH3 is 2. The molecule has 174 valence electrons. The van der Waals surface area contributed by atoms with Gasteiger partial charge in [-0.05, 0) is 67.9 Å². The van der Waals surface area contributed by atoms with Crippen LogP contribution in [0.5, 0.6) is 11.5 Å². The van der Waals surface area contributed by atoms with E-state index in [1.54, 1.807) is 14.2 Å². The van der Waals surface area contributed by atoms with Crippen LogP contribution < -0.4 is 14.8 Å². The normalized spacial score (nSPS) is 11.7. The largest absolute Gasteiger partial charge is 0.493 e. The number of alkyl halides is 3. The molecule has 32 heavy (non-hydrogen) atoms. The number of amides is 1. The Morgan fingerprint density at radius 2 is 1.81 bits per heavy atom. The van der Waals surface area contributed by atoms with E-state index in [2.05, 4.69) is 10.2 Å². The van der Waals surface area contributed by atoms with Gasteiger partial charge in [0.1, 0.15) is 0 Å². The van der Waals surface area contributed by atoms with Crippen molar-refractivity contribution in [2.75, 3.05) is 40.9 Å². The van der Waals surface area contributed by atoms with E-state index in [1.165, 1.54) is 24.3 Å². The molecule has 0 unspecified atom stereocenters. The fourth-order valence-corrected chi connectivity index (χ4v) is 3.08. The van der Waals surface area contributed by atoms with Crippen LogP contribution in [0.4, 0.5) is 13.2 Å². The summed E-state index contributed by atoms with van der Waals surface area (Å²) in [6.07, 6.45) is -0.178. The Hall–Kier alpha value is -3.00. The lowest BCUT2D eigenvalue weighted by Gasteiger charge is -2.17. The molecule has 2 aromatic rings. The molecule has 0 aliphatic carbocycles. The van der Waals surface area contributed by atoms with Crippen molar-refractivity contribution in [3.63, 3.8) is 0 Å². The summed E-state index contributed by atoms with van der Waals surface area (Å²) in [4.78, 5) is 14.1. The van der Waals surface area contributed by atoms with E-state index in [4.69, 9.17) is 9.47 Å². The number of carbonyl (C=O) groups is 1. The topological polar surface area (TPSA) is 50.8 Å². The highest BCUT2D eigenvalue weighted by atomic mass is 19.4. The van der Waals surface area contributed by atoms with Crippen LogP contribution in [0.2, 0.25) is 0 Å². The second kappa shape index (κ2) is 12.1. The van der Waals surface area contributed by atoms with Crippen molar-refractivity contribution < 1.29 is 27.4 Å². The average Bonchev–Trinajstić information content (AvgIpc) is 2.78. The number of benzene rings is 2. The first-order valence-corrected chi connectivity index (χ1v) is 10.3. The maximum absolute atomic E-state index is 12.7. The second-order valence-corrected chi connectivity index (χ2v) is 7.34. The van der Waals surface area contributed by atoms with Crippen molar-refractivity contribution >= 4 is 12.0 Å². The summed E-state index contributed by atoms with van der Waals surface area (Å²) in [5.41, 5.74) is 0.726. The summed E-state index contributed by atoms with van der Waals surface area (Å²) >= 11 is 0. The Balaban J connectivity index is 1.69. The molecule has 0 saturated carbocycles. The number of likely N-dealkylation sites (N-methyl/N-ethyl adjacent to an activating group) is 1. The first-order chi connectivity index (χ1) is 15.2. The zero-order chi connectivity index (χ0) is 23.6. The molecule has 0 spiro atoms. The molecule has 1 amide bonds. The van der Waals surface area contributed by atoms with E-state index >= 15 is 0 Å². The fraction of sp³-hybridized carbons (Fsp3) is 0.375. The number of ether oxygens (including phenoxy) is 2. The van der Waals surface area contributed by atoms with Crippen molar-refractivity contribution in [2.45, 2.75) is 19.0 Å². The van der Waals surface area contributed by atoms with Gasteiger partial charge in [0, 0.05) is 19.2 Å². The van der Waals surface area contributed by atoms with Gasteiger partial charge in [-0.3, -0.25) is 4.79 Å². The zero-order valence-corrected chi connectivity index (χ0v) is 18.5. The monoisotopic (exact) mass is 450 g/mol. The van der Waals surface area contributed by atoms with Crippen LogP contribution in [0.3, 0.4) is 0 Å². The number of hydrogen-bond acceptors (Lipinski definition) is 4. The average molecular weight is 451 g/mol. The van der Waals surface area contributed by atoms with Crippen molar-refractivity contribution in [3.8, 4) is 11.5 Å². The molecule has 0 bridgehead atoms. The van der Waals surface area contributed by atoms with E-state index in [1.807, 2.05) is 25.2 Å². The number of nitrogens with one attached hydrogen (secondary N) is 1. The van der Waals surface area contributed by atoms with Crippen LogP contribution in [0, 0.1) is 0 Å². The third-order valence-electron chi connectivity index (χ3n) is 4.89. The molecule has 0 saturated heterocycles. The van der Waals surface area contributed by atoms with Gasteiger partial charge in [-0.15, -0.1) is 0 Å². The van der Waals surface area contributed by atoms with E-state index in [0.717, 1.165) is 43.6 Å². The first-order valence-electron chi connectivity index (χ1n) is 10.3. The molecule has 0 fully saturated rings. The minimum atomic E-state index is -4.41. The van der Waals surface area contributed by atoms with Gasteiger partial charge in [-0.2, -0.15) is 13.2 Å². The van der Waals surface area contributed by atoms with Gasteiger partial charge < -0.3 is 19.7 Å². The zero-order valence-electron chi connectivity index (χ0n) is 18.5. The van der Waals surface area contributed by atoms with E-state index in [9.17, 15) is 18.0 Å². The van der Waals surface area contributed by atoms with E-state index in [-0.39, 0.29) is 5.91 Å². The van der Waals surface area contributed by atoms with Crippen molar-refractivity contribution in [3.05, 3.63) is 65.2 Å². The molecule has 5 nitrogen and oxygen atoms in total. The van der Waals surface area contributed by atoms with Crippen LogP contribution >= 0.6 is 0 Å². The molecule has 2 aromatic carbocycles. The smallest absolute Gasteiger partial charge is 0.416 e. The third-order valence-corrected chi connectivity index (χ3v) is 4.89. The van der Waals surface area contributed by atoms with Crippen LogP contribution in [0.15, 0.2) is 48.5 Å². The predicted octanol–water partition coefficient (Wildman–Crippen LogP) is 4.42. The third kappa shape index (κ3) is 8.26. The number of hydrogen-bond donors (Lipinski definition) is 1. The van der Waals surface area contributed by atoms with Crippen molar-refractivity contribution in [1.29, 1.82) is 0 Å². The van der Waals surface area contributed by atoms with Gasteiger partial charge in [0.05, 0.1) is 19.8 Å². The number of rotatable bonds is 11. The lowest BCUT2D eigenvalue weighted by Crippen LogP contribution is -2.28. The van der Waals surface area contributed by atoms with Gasteiger partial charge in [0.25, 0.3) is 0 Å². The summed E-state index contributed by atoms with van der Waals surface area (Å²) in [5, 5.41) is 2.75. The standard InChI is InChI=1S/C24H29F3N2O3/c1-29(15-12-19-8-10-21(31-2)22(17-19)32-3)14-5-13-28-23(30)11-9-18-6-4-7-20(16-18)24(25,26)27/h4,6-11,16-17H,5,12-15H2,1-3H3,(H,28,30). The highest BCUT2D eigenvalue weighted by molar-refractivity contribution is 5.91. The summed E-state index contributed by atoms with van der Waals surface area (Å²) < 4.78 is 48.8. The highest BCUT2D eigenvalue weighted by Gasteiger charge is 2.30.